The van der Waals surface area contributed by atoms with Gasteiger partial charge in [-0.25, -0.2) is 13.6 Å². The van der Waals surface area contributed by atoms with Crippen LogP contribution in [0.25, 0.3) is 11.3 Å². The Balaban J connectivity index is 2.20. The Morgan fingerprint density at radius 1 is 1.37 bits per heavy atom. The van der Waals surface area contributed by atoms with E-state index < -0.39 is 11.9 Å². The Morgan fingerprint density at radius 2 is 2.00 bits per heavy atom. The van der Waals surface area contributed by atoms with Crippen molar-refractivity contribution in [1.29, 1.82) is 0 Å². The normalized spacial score (nSPS) is 11.5. The van der Waals surface area contributed by atoms with Crippen LogP contribution in [0.4, 0.5) is 8.78 Å². The predicted octanol–water partition coefficient (Wildman–Crippen LogP) is 3.24. The van der Waals surface area contributed by atoms with E-state index >= 15 is 0 Å². The number of aromatic nitrogens is 1. The smallest absolute Gasteiger partial charge is 0.374 e. The van der Waals surface area contributed by atoms with Crippen LogP contribution in [-0.2, 0) is 6.42 Å². The average molecular weight is 267 g/mol. The highest BCUT2D eigenvalue weighted by Crippen LogP contribution is 2.23. The second kappa shape index (κ2) is 4.79. The van der Waals surface area contributed by atoms with Crippen molar-refractivity contribution in [3.05, 3.63) is 41.7 Å². The first-order chi connectivity index (χ1) is 8.85. The highest BCUT2D eigenvalue weighted by molar-refractivity contribution is 5.85. The van der Waals surface area contributed by atoms with Gasteiger partial charge in [0.1, 0.15) is 5.69 Å². The van der Waals surface area contributed by atoms with E-state index in [4.69, 9.17) is 5.11 Å². The Bertz CT molecular complexity index is 585. The quantitative estimate of drug-likeness (QED) is 0.923. The van der Waals surface area contributed by atoms with Crippen molar-refractivity contribution in [2.24, 2.45) is 0 Å². The van der Waals surface area contributed by atoms with Crippen LogP contribution in [0.1, 0.15) is 23.0 Å². The van der Waals surface area contributed by atoms with E-state index in [1.165, 1.54) is 6.07 Å². The van der Waals surface area contributed by atoms with Crippen molar-refractivity contribution in [3.8, 4) is 11.3 Å². The topological polar surface area (TPSA) is 63.3 Å². The van der Waals surface area contributed by atoms with Gasteiger partial charge in [-0.15, -0.1) is 0 Å². The molecule has 0 aliphatic carbocycles. The average Bonchev–Trinajstić information content (AvgIpc) is 2.77. The van der Waals surface area contributed by atoms with Crippen LogP contribution in [0, 0.1) is 0 Å². The van der Waals surface area contributed by atoms with Gasteiger partial charge in [-0.05, 0) is 12.5 Å². The van der Waals surface area contributed by atoms with E-state index in [-0.39, 0.29) is 12.2 Å². The first-order valence-electron chi connectivity index (χ1n) is 5.52. The molecular weight excluding hydrogens is 256 g/mol. The molecule has 0 spiro atoms. The number of hydrogen-bond acceptors (Lipinski definition) is 3. The molecule has 0 saturated heterocycles. The predicted molar refractivity (Wildman–Crippen MR) is 63.2 cm³/mol. The highest BCUT2D eigenvalue weighted by Gasteiger charge is 2.21. The number of aromatic carboxylic acids is 1. The molecular formula is C13H11F2NO3. The molecule has 19 heavy (non-hydrogen) atoms. The van der Waals surface area contributed by atoms with Gasteiger partial charge in [0.2, 0.25) is 11.7 Å². The number of carboxylic acids is 1. The Labute approximate surface area is 107 Å². The zero-order valence-electron chi connectivity index (χ0n) is 10.1. The van der Waals surface area contributed by atoms with Crippen molar-refractivity contribution in [2.45, 2.75) is 19.3 Å². The van der Waals surface area contributed by atoms with Gasteiger partial charge in [-0.1, -0.05) is 29.4 Å². The minimum absolute atomic E-state index is 0.265. The van der Waals surface area contributed by atoms with Crippen molar-refractivity contribution < 1.29 is 23.2 Å². The number of rotatable bonds is 4. The summed E-state index contributed by atoms with van der Waals surface area (Å²) in [5, 5.41) is 12.3. The second-order valence-corrected chi connectivity index (χ2v) is 4.33. The minimum Gasteiger partial charge on any atom is -0.475 e. The molecule has 1 aromatic heterocycles. The van der Waals surface area contributed by atoms with E-state index in [0.29, 0.717) is 16.8 Å². The molecule has 0 atom stereocenters. The fourth-order valence-corrected chi connectivity index (χ4v) is 1.66. The molecule has 4 nitrogen and oxygen atoms in total. The van der Waals surface area contributed by atoms with Crippen LogP contribution in [-0.4, -0.2) is 22.2 Å². The summed E-state index contributed by atoms with van der Waals surface area (Å²) in [5.41, 5.74) is 1.46. The first-order valence-corrected chi connectivity index (χ1v) is 5.52. The monoisotopic (exact) mass is 267 g/mol. The van der Waals surface area contributed by atoms with Gasteiger partial charge in [0.25, 0.3) is 0 Å². The molecule has 100 valence electrons. The van der Waals surface area contributed by atoms with Crippen LogP contribution in [0.3, 0.4) is 0 Å². The number of alkyl halides is 2. The summed E-state index contributed by atoms with van der Waals surface area (Å²) in [6.45, 7) is 0.859. The summed E-state index contributed by atoms with van der Waals surface area (Å²) in [7, 11) is 0. The third kappa shape index (κ3) is 3.37. The molecule has 2 rings (SSSR count). The molecule has 0 fully saturated rings. The fourth-order valence-electron chi connectivity index (χ4n) is 1.66. The second-order valence-electron chi connectivity index (χ2n) is 4.33. The maximum atomic E-state index is 12.8. The van der Waals surface area contributed by atoms with Gasteiger partial charge in [-0.2, -0.15) is 0 Å². The zero-order chi connectivity index (χ0) is 14.0. The molecule has 1 N–H and O–H groups in total. The van der Waals surface area contributed by atoms with E-state index in [1.54, 1.807) is 24.3 Å². The molecule has 6 heteroatoms. The van der Waals surface area contributed by atoms with E-state index in [0.717, 1.165) is 6.92 Å². The van der Waals surface area contributed by atoms with Crippen LogP contribution in [0.5, 0.6) is 0 Å². The van der Waals surface area contributed by atoms with Gasteiger partial charge in [0.15, 0.2) is 0 Å². The minimum atomic E-state index is -2.76. The molecule has 2 aromatic rings. The van der Waals surface area contributed by atoms with E-state index in [1.807, 2.05) is 0 Å². The third-order valence-corrected chi connectivity index (χ3v) is 2.49. The van der Waals surface area contributed by atoms with Crippen molar-refractivity contribution in [1.82, 2.24) is 5.16 Å². The van der Waals surface area contributed by atoms with Crippen LogP contribution < -0.4 is 0 Å². The fraction of sp³-hybridized carbons (Fsp3) is 0.231. The SMILES string of the molecule is CC(F)(F)Cc1ccc(-c2cc(C(=O)O)on2)cc1. The maximum absolute atomic E-state index is 12.8. The van der Waals surface area contributed by atoms with Gasteiger partial charge in [0.05, 0.1) is 0 Å². The molecule has 0 aliphatic rings. The highest BCUT2D eigenvalue weighted by atomic mass is 19.3. The number of carboxylic acid groups (broad SMARTS) is 1. The number of nitrogens with zero attached hydrogens (tertiary/aromatic N) is 1. The third-order valence-electron chi connectivity index (χ3n) is 2.49. The van der Waals surface area contributed by atoms with Crippen LogP contribution >= 0.6 is 0 Å². The summed E-state index contributed by atoms with van der Waals surface area (Å²) in [5.74, 6) is -4.23. The lowest BCUT2D eigenvalue weighted by Crippen LogP contribution is -2.13. The number of halogens is 2. The molecule has 0 unspecified atom stereocenters. The first kappa shape index (κ1) is 13.2. The molecule has 0 amide bonds. The maximum Gasteiger partial charge on any atom is 0.374 e. The lowest BCUT2D eigenvalue weighted by atomic mass is 10.0. The van der Waals surface area contributed by atoms with Crippen molar-refractivity contribution >= 4 is 5.97 Å². The summed E-state index contributed by atoms with van der Waals surface area (Å²) < 4.78 is 30.3. The van der Waals surface area contributed by atoms with Crippen molar-refractivity contribution in [3.63, 3.8) is 0 Å². The Kier molecular flexibility index (Phi) is 3.33. The van der Waals surface area contributed by atoms with Gasteiger partial charge in [-0.3, -0.25) is 0 Å². The molecule has 1 aromatic carbocycles. The van der Waals surface area contributed by atoms with Gasteiger partial charge >= 0.3 is 5.97 Å². The van der Waals surface area contributed by atoms with Crippen LogP contribution in [0.15, 0.2) is 34.9 Å². The zero-order valence-corrected chi connectivity index (χ0v) is 10.1. The van der Waals surface area contributed by atoms with Crippen LogP contribution in [0.2, 0.25) is 0 Å². The lowest BCUT2D eigenvalue weighted by Gasteiger charge is -2.09. The number of hydrogen-bond donors (Lipinski definition) is 1. The molecule has 0 bridgehead atoms. The number of carbonyl (C=O) groups is 1. The molecule has 0 aliphatic heterocycles. The summed E-state index contributed by atoms with van der Waals surface area (Å²) >= 11 is 0. The van der Waals surface area contributed by atoms with Gasteiger partial charge < -0.3 is 9.63 Å². The van der Waals surface area contributed by atoms with E-state index in [9.17, 15) is 13.6 Å². The molecule has 1 heterocycles. The molecule has 0 radical (unpaired) electrons. The molecule has 0 saturated carbocycles. The summed E-state index contributed by atoms with van der Waals surface area (Å²) in [4.78, 5) is 10.6. The van der Waals surface area contributed by atoms with E-state index in [2.05, 4.69) is 9.68 Å². The van der Waals surface area contributed by atoms with Crippen molar-refractivity contribution in [2.75, 3.05) is 0 Å². The number of benzene rings is 1. The lowest BCUT2D eigenvalue weighted by molar-refractivity contribution is 0.0226. The summed E-state index contributed by atoms with van der Waals surface area (Å²) in [6, 6.07) is 7.60. The Morgan fingerprint density at radius 3 is 2.47 bits per heavy atom. The largest absolute Gasteiger partial charge is 0.475 e. The van der Waals surface area contributed by atoms with Gasteiger partial charge in [0, 0.05) is 18.1 Å². The summed E-state index contributed by atoms with van der Waals surface area (Å²) in [6.07, 6.45) is -0.341. The Hall–Kier alpha value is -2.24. The standard InChI is InChI=1S/C13H11F2NO3/c1-13(14,15)7-8-2-4-9(5-3-8)10-6-11(12(17)18)19-16-10/h2-6H,7H2,1H3,(H,17,18).